The molecule has 12 aromatic rings. The Morgan fingerprint density at radius 3 is 1.89 bits per heavy atom. The molecule has 5 heteroatoms. The van der Waals surface area contributed by atoms with E-state index < -0.39 is 85.8 Å². The fourth-order valence-corrected chi connectivity index (χ4v) is 11.7. The van der Waals surface area contributed by atoms with Gasteiger partial charge in [-0.2, -0.15) is 0 Å². The van der Waals surface area contributed by atoms with Gasteiger partial charge < -0.3 is 4.74 Å². The maximum Gasteiger partial charge on any atom is 0.269 e. The van der Waals surface area contributed by atoms with Gasteiger partial charge in [-0.1, -0.05) is 208 Å². The van der Waals surface area contributed by atoms with Gasteiger partial charge in [0.1, 0.15) is 17.3 Å². The molecule has 0 unspecified atom stereocenters. The fourth-order valence-electron chi connectivity index (χ4n) is 11.7. The van der Waals surface area contributed by atoms with Gasteiger partial charge in [0.05, 0.1) is 37.6 Å². The molecule has 398 valence electrons. The summed E-state index contributed by atoms with van der Waals surface area (Å²) in [4.78, 5) is 4.88. The number of benzene rings is 9. The molecule has 4 heterocycles. The predicted molar refractivity (Wildman–Crippen MR) is 336 cm³/mol. The van der Waals surface area contributed by atoms with E-state index in [1.165, 1.54) is 6.07 Å². The summed E-state index contributed by atoms with van der Waals surface area (Å²) in [6, 6.07) is 54.2. The van der Waals surface area contributed by atoms with E-state index in [-0.39, 0.29) is 21.9 Å². The molecule has 0 atom stereocenters. The van der Waals surface area contributed by atoms with Crippen LogP contribution in [0.15, 0.2) is 206 Å². The van der Waals surface area contributed by atoms with Crippen molar-refractivity contribution in [2.45, 2.75) is 103 Å². The molecule has 0 saturated carbocycles. The SMILES string of the molecule is [2H]c1c([2H])c2c(c([2H])c1-c1cc3c4c(c1)n(-c1cccc(Oc5ccc6c7ccccc7n(-c7cc(C(C)(C)C)ccn7)c6c5)c1)[c-][n+]4-c1c(-c4ccc(C(C)(C)C)cc4)cccc1-c1ccccc1-c1ccccc1-3)C(C([2H])([2H])[2H])(C([2H])([2H])[2H])C([2H])([2H])C([2H])([2H])C2(C([2H])([2H])[2H])C([2H])([2H])[2H]. The molecule has 81 heavy (non-hydrogen) atoms. The number of para-hydroxylation sites is 2. The van der Waals surface area contributed by atoms with Gasteiger partial charge in [0.25, 0.3) is 6.33 Å². The molecule has 9 aromatic carbocycles. The Kier molecular flexibility index (Phi) is 7.65. The highest BCUT2D eigenvalue weighted by Crippen LogP contribution is 2.50. The molecule has 0 N–H and O–H groups in total. The van der Waals surface area contributed by atoms with E-state index in [9.17, 15) is 9.60 Å². The molecule has 1 aliphatic heterocycles. The Hall–Kier alpha value is -8.80. The number of imidazole rings is 1. The van der Waals surface area contributed by atoms with Crippen molar-refractivity contribution >= 4 is 32.8 Å². The standard InChI is InChI=1S/C76H68N4O/c1-73(2,3)51-32-29-48(30-33-51)56-26-18-27-63-59-23-13-11-21-57(59)58-22-12-14-24-60(58)64-41-50(49-31-36-65-66(42-49)76(9,10)39-38-75(65,7)8)43-69-72(64)79(71(56)63)47-78(69)53-19-17-20-54(45-53)81-55-34-35-62-61-25-15-16-28-67(61)80(68(62)46-55)70-44-52(37-40-77-70)74(4,5)6/h11-37,40-46H,38-39H2,1-10H3/i7D3,8D3,9D3,10D3,31D,36D,38D2,39D2,42D. The lowest BCUT2D eigenvalue weighted by atomic mass is 9.63. The van der Waals surface area contributed by atoms with E-state index in [0.717, 1.165) is 66.6 Å². The summed E-state index contributed by atoms with van der Waals surface area (Å²) < 4.78 is 190. The zero-order chi connectivity index (χ0) is 71.9. The average molecular weight is 1070 g/mol. The fraction of sp³-hybridized carbons (Fsp3) is 0.211. The lowest BCUT2D eigenvalue weighted by Crippen LogP contribution is -2.33. The van der Waals surface area contributed by atoms with Crippen LogP contribution in [0, 0.1) is 6.33 Å². The molecule has 3 aromatic heterocycles. The monoisotopic (exact) mass is 1070 g/mol. The van der Waals surface area contributed by atoms with Crippen molar-refractivity contribution in [3.8, 4) is 84.3 Å². The maximum atomic E-state index is 10.4. The van der Waals surface area contributed by atoms with Gasteiger partial charge in [-0.3, -0.25) is 13.7 Å². The minimum absolute atomic E-state index is 0.173. The van der Waals surface area contributed by atoms with Crippen LogP contribution in [0.1, 0.15) is 130 Å². The molecular formula is C76H68N4O. The molecule has 0 spiro atoms. The zero-order valence-corrected chi connectivity index (χ0v) is 45.6. The molecule has 1 aliphatic carbocycles. The summed E-state index contributed by atoms with van der Waals surface area (Å²) in [7, 11) is 0. The van der Waals surface area contributed by atoms with E-state index in [0.29, 0.717) is 45.1 Å². The first-order valence-corrected chi connectivity index (χ1v) is 27.1. The Bertz CT molecular complexity index is 5340. The van der Waals surface area contributed by atoms with Gasteiger partial charge in [0.15, 0.2) is 0 Å². The lowest BCUT2D eigenvalue weighted by Gasteiger charge is -2.42. The van der Waals surface area contributed by atoms with Gasteiger partial charge >= 0.3 is 0 Å². The van der Waals surface area contributed by atoms with Gasteiger partial charge in [0.2, 0.25) is 0 Å². The van der Waals surface area contributed by atoms with Gasteiger partial charge in [-0.25, -0.2) is 4.98 Å². The first-order valence-electron chi connectivity index (χ1n) is 36.6. The van der Waals surface area contributed by atoms with Crippen molar-refractivity contribution in [1.82, 2.24) is 14.1 Å². The number of rotatable bonds is 6. The maximum absolute atomic E-state index is 10.4. The summed E-state index contributed by atoms with van der Waals surface area (Å²) in [6.45, 7) is -4.11. The Morgan fingerprint density at radius 1 is 0.531 bits per heavy atom. The number of aromatic nitrogens is 4. The summed E-state index contributed by atoms with van der Waals surface area (Å²) in [5.41, 5.74) is -1.50. The van der Waals surface area contributed by atoms with Crippen LogP contribution in [-0.4, -0.2) is 14.1 Å². The van der Waals surface area contributed by atoms with Crippen LogP contribution >= 0.6 is 0 Å². The molecule has 0 amide bonds. The number of hydrogen-bond acceptors (Lipinski definition) is 2. The van der Waals surface area contributed by atoms with Crippen molar-refractivity contribution in [3.63, 3.8) is 0 Å². The van der Waals surface area contributed by atoms with Crippen LogP contribution in [0.2, 0.25) is 0 Å². The largest absolute Gasteiger partial charge is 0.458 e. The summed E-state index contributed by atoms with van der Waals surface area (Å²) in [5, 5.41) is 1.97. The van der Waals surface area contributed by atoms with Crippen molar-refractivity contribution in [2.24, 2.45) is 0 Å². The highest BCUT2D eigenvalue weighted by atomic mass is 16.5. The Labute approximate surface area is 503 Å². The van der Waals surface area contributed by atoms with Crippen molar-refractivity contribution < 1.29 is 35.3 Å². The van der Waals surface area contributed by atoms with E-state index in [1.807, 2.05) is 120 Å². The van der Waals surface area contributed by atoms with Crippen LogP contribution in [-0.2, 0) is 21.7 Å². The number of fused-ring (bicyclic) bond motifs is 11. The zero-order valence-electron chi connectivity index (χ0n) is 64.6. The van der Waals surface area contributed by atoms with Gasteiger partial charge in [-0.15, -0.1) is 0 Å². The van der Waals surface area contributed by atoms with Crippen molar-refractivity contribution in [1.29, 1.82) is 0 Å². The summed E-state index contributed by atoms with van der Waals surface area (Å²) in [6.07, 6.45) is -3.48. The van der Waals surface area contributed by atoms with Gasteiger partial charge in [-0.05, 0) is 167 Å². The van der Waals surface area contributed by atoms with Crippen LogP contribution < -0.4 is 9.30 Å². The minimum atomic E-state index is -4.52. The molecule has 5 nitrogen and oxygen atoms in total. The van der Waals surface area contributed by atoms with Crippen LogP contribution in [0.4, 0.5) is 0 Å². The minimum Gasteiger partial charge on any atom is -0.458 e. The molecule has 0 saturated heterocycles. The Morgan fingerprint density at radius 2 is 1.16 bits per heavy atom. The number of hydrogen-bond donors (Lipinski definition) is 0. The highest BCUT2D eigenvalue weighted by Gasteiger charge is 2.37. The van der Waals surface area contributed by atoms with E-state index >= 15 is 0 Å². The summed E-state index contributed by atoms with van der Waals surface area (Å²) >= 11 is 0. The second-order valence-corrected chi connectivity index (χ2v) is 23.3. The number of pyridine rings is 1. The second-order valence-electron chi connectivity index (χ2n) is 23.3. The third-order valence-electron chi connectivity index (χ3n) is 15.9. The average Bonchev–Trinajstić information content (AvgIpc) is 0.722. The van der Waals surface area contributed by atoms with Crippen LogP contribution in [0.3, 0.4) is 0 Å². The first kappa shape index (κ1) is 33.7. The van der Waals surface area contributed by atoms with E-state index in [2.05, 4.69) is 94.9 Å². The molecular weight excluding hydrogens is 985 g/mol. The summed E-state index contributed by atoms with van der Waals surface area (Å²) in [5.74, 6) is 1.56. The van der Waals surface area contributed by atoms with E-state index in [4.69, 9.17) is 26.2 Å². The predicted octanol–water partition coefficient (Wildman–Crippen LogP) is 19.6. The molecule has 0 radical (unpaired) electrons. The third kappa shape index (κ3) is 8.42. The van der Waals surface area contributed by atoms with Crippen LogP contribution in [0.5, 0.6) is 11.5 Å². The molecule has 14 rings (SSSR count). The molecule has 0 bridgehead atoms. The highest BCUT2D eigenvalue weighted by molar-refractivity contribution is 6.09. The number of ether oxygens (including phenoxy) is 1. The van der Waals surface area contributed by atoms with Crippen molar-refractivity contribution in [3.05, 3.63) is 235 Å². The molecule has 2 aliphatic rings. The number of nitrogens with zero attached hydrogens (tertiary/aromatic N) is 4. The lowest BCUT2D eigenvalue weighted by molar-refractivity contribution is -0.570. The van der Waals surface area contributed by atoms with Gasteiger partial charge in [0, 0.05) is 45.0 Å². The second kappa shape index (κ2) is 18.4. The Balaban J connectivity index is 1.10. The normalized spacial score (nSPS) is 19.7. The van der Waals surface area contributed by atoms with Crippen molar-refractivity contribution in [2.75, 3.05) is 0 Å². The third-order valence-corrected chi connectivity index (χ3v) is 15.9. The smallest absolute Gasteiger partial charge is 0.269 e. The quantitative estimate of drug-likeness (QED) is 0.123. The topological polar surface area (TPSA) is 35.9 Å². The van der Waals surface area contributed by atoms with E-state index in [1.54, 1.807) is 28.8 Å². The first-order chi connectivity index (χ1) is 46.7. The van der Waals surface area contributed by atoms with Crippen LogP contribution in [0.25, 0.3) is 106 Å². The molecule has 0 fully saturated rings.